The second kappa shape index (κ2) is 5.95. The molecule has 0 atom stereocenters. The Morgan fingerprint density at radius 2 is 2.16 bits per heavy atom. The van der Waals surface area contributed by atoms with E-state index in [9.17, 15) is 0 Å². The molecule has 1 aromatic carbocycles. The molecule has 0 aliphatic rings. The smallest absolute Gasteiger partial charge is 0.106 e. The van der Waals surface area contributed by atoms with Gasteiger partial charge in [0, 0.05) is 22.5 Å². The van der Waals surface area contributed by atoms with Gasteiger partial charge in [-0.1, -0.05) is 23.8 Å². The minimum Gasteiger partial charge on any atom is -0.389 e. The summed E-state index contributed by atoms with van der Waals surface area (Å²) in [5.41, 5.74) is 8.96. The molecule has 0 bridgehead atoms. The van der Waals surface area contributed by atoms with Crippen molar-refractivity contribution >= 4 is 34.5 Å². The lowest BCUT2D eigenvalue weighted by Gasteiger charge is -2.11. The van der Waals surface area contributed by atoms with Crippen LogP contribution in [0.3, 0.4) is 0 Å². The van der Waals surface area contributed by atoms with Crippen molar-refractivity contribution in [1.82, 2.24) is 9.97 Å². The lowest BCUT2D eigenvalue weighted by atomic mass is 10.1. The van der Waals surface area contributed by atoms with E-state index in [4.69, 9.17) is 29.6 Å². The molecule has 0 spiro atoms. The van der Waals surface area contributed by atoms with Crippen molar-refractivity contribution in [1.29, 1.82) is 0 Å². The van der Waals surface area contributed by atoms with Gasteiger partial charge in [-0.15, -0.1) is 0 Å². The Morgan fingerprint density at radius 3 is 2.79 bits per heavy atom. The number of nitrogens with two attached hydrogens (primary N) is 1. The lowest BCUT2D eigenvalue weighted by Crippen LogP contribution is -2.13. The maximum atomic E-state index is 5.93. The van der Waals surface area contributed by atoms with Crippen LogP contribution in [0.2, 0.25) is 5.02 Å². The van der Waals surface area contributed by atoms with E-state index in [-0.39, 0.29) is 0 Å². The number of aryl methyl sites for hydroxylation is 1. The molecule has 6 heteroatoms. The number of thiocarbonyl (C=S) groups is 1. The van der Waals surface area contributed by atoms with Gasteiger partial charge in [-0.25, -0.2) is 0 Å². The van der Waals surface area contributed by atoms with Crippen LogP contribution in [0.1, 0.15) is 17.0 Å². The molecule has 0 fully saturated rings. The first-order valence-corrected chi connectivity index (χ1v) is 6.45. The fraction of sp³-hybridized carbons (Fsp3) is 0.154. The van der Waals surface area contributed by atoms with Crippen molar-refractivity contribution in [2.24, 2.45) is 5.73 Å². The molecular formula is C13H13ClN4S. The summed E-state index contributed by atoms with van der Waals surface area (Å²) in [5, 5.41) is 3.83. The highest BCUT2D eigenvalue weighted by atomic mass is 35.5. The van der Waals surface area contributed by atoms with Crippen molar-refractivity contribution in [3.63, 3.8) is 0 Å². The second-order valence-corrected chi connectivity index (χ2v) is 4.93. The molecular weight excluding hydrogens is 280 g/mol. The predicted octanol–water partition coefficient (Wildman–Crippen LogP) is 2.68. The number of hydrogen-bond acceptors (Lipinski definition) is 4. The van der Waals surface area contributed by atoms with Gasteiger partial charge in [0.05, 0.1) is 24.1 Å². The number of halogens is 1. The highest BCUT2D eigenvalue weighted by Crippen LogP contribution is 2.21. The second-order valence-electron chi connectivity index (χ2n) is 4.06. The van der Waals surface area contributed by atoms with Crippen molar-refractivity contribution in [2.75, 3.05) is 5.32 Å². The first-order valence-electron chi connectivity index (χ1n) is 5.67. The number of nitrogens with zero attached hydrogens (tertiary/aromatic N) is 2. The molecule has 4 nitrogen and oxygen atoms in total. The van der Waals surface area contributed by atoms with Gasteiger partial charge in [-0.2, -0.15) is 0 Å². The van der Waals surface area contributed by atoms with Crippen LogP contribution >= 0.6 is 23.8 Å². The van der Waals surface area contributed by atoms with Crippen LogP contribution in [0, 0.1) is 6.92 Å². The number of hydrogen-bond donors (Lipinski definition) is 2. The summed E-state index contributed by atoms with van der Waals surface area (Å²) in [5.74, 6) is 0. The van der Waals surface area contributed by atoms with Crippen LogP contribution in [0.15, 0.2) is 30.6 Å². The zero-order valence-electron chi connectivity index (χ0n) is 10.4. The third-order valence-corrected chi connectivity index (χ3v) is 3.00. The molecule has 0 radical (unpaired) electrons. The number of aromatic nitrogens is 2. The van der Waals surface area contributed by atoms with Crippen molar-refractivity contribution in [2.45, 2.75) is 13.5 Å². The van der Waals surface area contributed by atoms with Crippen molar-refractivity contribution in [3.05, 3.63) is 52.6 Å². The molecule has 2 rings (SSSR count). The van der Waals surface area contributed by atoms with Gasteiger partial charge >= 0.3 is 0 Å². The van der Waals surface area contributed by atoms with E-state index in [1.54, 1.807) is 24.5 Å². The van der Waals surface area contributed by atoms with Crippen molar-refractivity contribution in [3.8, 4) is 0 Å². The van der Waals surface area contributed by atoms with Gasteiger partial charge in [0.1, 0.15) is 4.99 Å². The van der Waals surface area contributed by atoms with Crippen LogP contribution in [0.5, 0.6) is 0 Å². The van der Waals surface area contributed by atoms with Gasteiger partial charge in [-0.3, -0.25) is 9.97 Å². The quantitative estimate of drug-likeness (QED) is 0.848. The molecule has 0 unspecified atom stereocenters. The normalized spacial score (nSPS) is 10.2. The number of nitrogens with one attached hydrogen (secondary N) is 1. The molecule has 0 aliphatic carbocycles. The van der Waals surface area contributed by atoms with E-state index in [2.05, 4.69) is 15.3 Å². The summed E-state index contributed by atoms with van der Waals surface area (Å²) in [6, 6.07) is 5.37. The average molecular weight is 293 g/mol. The number of benzene rings is 1. The molecule has 0 amide bonds. The first-order chi connectivity index (χ1) is 9.06. The van der Waals surface area contributed by atoms with Crippen molar-refractivity contribution < 1.29 is 0 Å². The molecule has 0 aliphatic heterocycles. The van der Waals surface area contributed by atoms with Gasteiger partial charge in [0.2, 0.25) is 0 Å². The Balaban J connectivity index is 2.15. The molecule has 1 heterocycles. The van der Waals surface area contributed by atoms with E-state index >= 15 is 0 Å². The van der Waals surface area contributed by atoms with Crippen LogP contribution in [-0.2, 0) is 6.54 Å². The fourth-order valence-corrected chi connectivity index (χ4v) is 1.91. The van der Waals surface area contributed by atoms with E-state index in [0.717, 1.165) is 22.6 Å². The van der Waals surface area contributed by atoms with E-state index in [0.29, 0.717) is 16.6 Å². The Morgan fingerprint density at radius 1 is 1.37 bits per heavy atom. The molecule has 0 saturated heterocycles. The Labute approximate surface area is 122 Å². The number of anilines is 1. The SMILES string of the molecule is Cc1cnc(CNc2ccc(Cl)cc2C(N)=S)cn1. The van der Waals surface area contributed by atoms with Gasteiger partial charge in [0.25, 0.3) is 0 Å². The van der Waals surface area contributed by atoms with Crippen LogP contribution in [0.4, 0.5) is 5.69 Å². The first kappa shape index (κ1) is 13.7. The summed E-state index contributed by atoms with van der Waals surface area (Å²) in [6.45, 7) is 2.44. The fourth-order valence-electron chi connectivity index (χ4n) is 1.57. The largest absolute Gasteiger partial charge is 0.389 e. The standard InChI is InChI=1S/C13H13ClN4S/c1-8-5-17-10(6-16-8)7-18-12-3-2-9(14)4-11(12)13(15)19/h2-6,18H,7H2,1H3,(H2,15,19). The zero-order chi connectivity index (χ0) is 13.8. The topological polar surface area (TPSA) is 63.8 Å². The minimum atomic E-state index is 0.306. The van der Waals surface area contributed by atoms with Crippen LogP contribution < -0.4 is 11.1 Å². The van der Waals surface area contributed by atoms with Gasteiger partial charge < -0.3 is 11.1 Å². The minimum absolute atomic E-state index is 0.306. The Kier molecular flexibility index (Phi) is 4.29. The van der Waals surface area contributed by atoms with E-state index < -0.39 is 0 Å². The third kappa shape index (κ3) is 3.62. The molecule has 98 valence electrons. The maximum absolute atomic E-state index is 5.93. The third-order valence-electron chi connectivity index (χ3n) is 2.54. The van der Waals surface area contributed by atoms with Gasteiger partial charge in [-0.05, 0) is 25.1 Å². The molecule has 0 saturated carbocycles. The van der Waals surface area contributed by atoms with Crippen LogP contribution in [-0.4, -0.2) is 15.0 Å². The molecule has 3 N–H and O–H groups in total. The lowest BCUT2D eigenvalue weighted by molar-refractivity contribution is 0.984. The highest BCUT2D eigenvalue weighted by molar-refractivity contribution is 7.80. The maximum Gasteiger partial charge on any atom is 0.106 e. The summed E-state index contributed by atoms with van der Waals surface area (Å²) in [7, 11) is 0. The zero-order valence-corrected chi connectivity index (χ0v) is 11.9. The molecule has 19 heavy (non-hydrogen) atoms. The van der Waals surface area contributed by atoms with Crippen LogP contribution in [0.25, 0.3) is 0 Å². The highest BCUT2D eigenvalue weighted by Gasteiger charge is 2.06. The van der Waals surface area contributed by atoms with E-state index in [1.807, 2.05) is 13.0 Å². The monoisotopic (exact) mass is 292 g/mol. The Bertz CT molecular complexity index is 598. The van der Waals surface area contributed by atoms with Gasteiger partial charge in [0.15, 0.2) is 0 Å². The summed E-state index contributed by atoms with van der Waals surface area (Å²) >= 11 is 10.9. The number of rotatable bonds is 4. The summed E-state index contributed by atoms with van der Waals surface area (Å²) in [6.07, 6.45) is 3.46. The summed E-state index contributed by atoms with van der Waals surface area (Å²) in [4.78, 5) is 8.76. The van der Waals surface area contributed by atoms with E-state index in [1.165, 1.54) is 0 Å². The average Bonchev–Trinajstić information content (AvgIpc) is 2.39. The Hall–Kier alpha value is -1.72. The molecule has 1 aromatic heterocycles. The molecule has 2 aromatic rings. The predicted molar refractivity (Wildman–Crippen MR) is 81.4 cm³/mol. The summed E-state index contributed by atoms with van der Waals surface area (Å²) < 4.78 is 0.